The Kier molecular flexibility index (Phi) is 6.27. The van der Waals surface area contributed by atoms with Gasteiger partial charge in [0.05, 0.1) is 4.90 Å². The Bertz CT molecular complexity index is 849. The average molecular weight is 364 g/mol. The van der Waals surface area contributed by atoms with Crippen molar-refractivity contribution >= 4 is 15.9 Å². The van der Waals surface area contributed by atoms with E-state index in [0.29, 0.717) is 18.7 Å². The van der Waals surface area contributed by atoms with E-state index < -0.39 is 21.7 Å². The lowest BCUT2D eigenvalue weighted by atomic mass is 10.2. The molecule has 0 bridgehead atoms. The van der Waals surface area contributed by atoms with Gasteiger partial charge in [-0.15, -0.1) is 0 Å². The second kappa shape index (κ2) is 8.22. The van der Waals surface area contributed by atoms with E-state index >= 15 is 0 Å². The fourth-order valence-corrected chi connectivity index (χ4v) is 3.93. The van der Waals surface area contributed by atoms with Crippen LogP contribution in [-0.4, -0.2) is 31.7 Å². The average Bonchev–Trinajstić information content (AvgIpc) is 2.61. The molecule has 2 aromatic carbocycles. The van der Waals surface area contributed by atoms with Crippen molar-refractivity contribution < 1.29 is 17.6 Å². The Morgan fingerprint density at radius 3 is 2.40 bits per heavy atom. The molecule has 0 saturated heterocycles. The first-order valence-corrected chi connectivity index (χ1v) is 9.46. The molecule has 0 aromatic heterocycles. The zero-order chi connectivity index (χ0) is 18.4. The highest BCUT2D eigenvalue weighted by atomic mass is 32.2. The van der Waals surface area contributed by atoms with Gasteiger partial charge in [0.2, 0.25) is 10.0 Å². The number of benzene rings is 2. The second-order valence-electron chi connectivity index (χ2n) is 5.39. The van der Waals surface area contributed by atoms with Crippen LogP contribution in [-0.2, 0) is 16.6 Å². The summed E-state index contributed by atoms with van der Waals surface area (Å²) in [6.07, 6.45) is 0. The molecule has 1 N–H and O–H groups in total. The summed E-state index contributed by atoms with van der Waals surface area (Å²) in [6.45, 7) is 4.24. The van der Waals surface area contributed by atoms with E-state index in [2.05, 4.69) is 5.32 Å². The van der Waals surface area contributed by atoms with Crippen LogP contribution in [0.15, 0.2) is 53.4 Å². The number of nitrogens with one attached hydrogen (secondary N) is 1. The van der Waals surface area contributed by atoms with Crippen molar-refractivity contribution in [1.29, 1.82) is 0 Å². The largest absolute Gasteiger partial charge is 0.348 e. The Hall–Kier alpha value is -2.25. The van der Waals surface area contributed by atoms with Crippen molar-refractivity contribution in [2.24, 2.45) is 0 Å². The van der Waals surface area contributed by atoms with Crippen LogP contribution in [0, 0.1) is 5.82 Å². The topological polar surface area (TPSA) is 66.5 Å². The van der Waals surface area contributed by atoms with Crippen LogP contribution in [0.25, 0.3) is 0 Å². The molecule has 2 aromatic rings. The summed E-state index contributed by atoms with van der Waals surface area (Å²) in [5.74, 6) is -0.861. The number of nitrogens with zero attached hydrogens (tertiary/aromatic N) is 1. The number of halogens is 1. The van der Waals surface area contributed by atoms with Gasteiger partial charge in [-0.3, -0.25) is 4.79 Å². The van der Waals surface area contributed by atoms with Gasteiger partial charge < -0.3 is 5.32 Å². The number of hydrogen-bond donors (Lipinski definition) is 1. The van der Waals surface area contributed by atoms with E-state index in [-0.39, 0.29) is 17.0 Å². The molecule has 0 fully saturated rings. The second-order valence-corrected chi connectivity index (χ2v) is 7.33. The van der Waals surface area contributed by atoms with Crippen molar-refractivity contribution in [3.63, 3.8) is 0 Å². The van der Waals surface area contributed by atoms with Gasteiger partial charge in [0.1, 0.15) is 5.82 Å². The number of hydrogen-bond acceptors (Lipinski definition) is 3. The zero-order valence-corrected chi connectivity index (χ0v) is 15.0. The third-order valence-corrected chi connectivity index (χ3v) is 5.88. The van der Waals surface area contributed by atoms with Gasteiger partial charge in [-0.1, -0.05) is 38.1 Å². The third-order valence-electron chi connectivity index (χ3n) is 3.84. The van der Waals surface area contributed by atoms with Crippen LogP contribution in [0.2, 0.25) is 0 Å². The number of sulfonamides is 1. The summed E-state index contributed by atoms with van der Waals surface area (Å²) in [7, 11) is -3.64. The standard InChI is InChI=1S/C18H21FN2O3S/c1-3-21(4-2)25(23,24)16-10-7-9-14(12-16)18(22)20-13-15-8-5-6-11-17(15)19/h5-12H,3-4,13H2,1-2H3,(H,20,22). The van der Waals surface area contributed by atoms with Crippen LogP contribution < -0.4 is 5.32 Å². The van der Waals surface area contributed by atoms with E-state index in [4.69, 9.17) is 0 Å². The van der Waals surface area contributed by atoms with Crippen molar-refractivity contribution in [1.82, 2.24) is 9.62 Å². The lowest BCUT2D eigenvalue weighted by molar-refractivity contribution is 0.0950. The minimum absolute atomic E-state index is 0.0263. The summed E-state index contributed by atoms with van der Waals surface area (Å²) >= 11 is 0. The molecule has 0 unspecified atom stereocenters. The fraction of sp³-hybridized carbons (Fsp3) is 0.278. The van der Waals surface area contributed by atoms with Gasteiger partial charge in [0.25, 0.3) is 5.91 Å². The first-order chi connectivity index (χ1) is 11.9. The first kappa shape index (κ1) is 19.1. The summed E-state index contributed by atoms with van der Waals surface area (Å²) in [4.78, 5) is 12.3. The van der Waals surface area contributed by atoms with E-state index in [0.717, 1.165) is 0 Å². The molecule has 0 spiro atoms. The van der Waals surface area contributed by atoms with Crippen LogP contribution in [0.3, 0.4) is 0 Å². The Balaban J connectivity index is 2.18. The van der Waals surface area contributed by atoms with E-state index in [1.807, 2.05) is 0 Å². The zero-order valence-electron chi connectivity index (χ0n) is 14.2. The molecule has 2 rings (SSSR count). The molecule has 7 heteroatoms. The van der Waals surface area contributed by atoms with Crippen LogP contribution >= 0.6 is 0 Å². The monoisotopic (exact) mass is 364 g/mol. The highest BCUT2D eigenvalue weighted by Gasteiger charge is 2.22. The fourth-order valence-electron chi connectivity index (χ4n) is 2.43. The van der Waals surface area contributed by atoms with Gasteiger partial charge in [-0.2, -0.15) is 4.31 Å². The maximum atomic E-state index is 13.6. The first-order valence-electron chi connectivity index (χ1n) is 8.02. The predicted molar refractivity (Wildman–Crippen MR) is 94.1 cm³/mol. The molecule has 0 aliphatic rings. The minimum atomic E-state index is -3.64. The molecule has 0 aliphatic heterocycles. The molecule has 1 amide bonds. The van der Waals surface area contributed by atoms with Gasteiger partial charge >= 0.3 is 0 Å². The SMILES string of the molecule is CCN(CC)S(=O)(=O)c1cccc(C(=O)NCc2ccccc2F)c1. The lowest BCUT2D eigenvalue weighted by Crippen LogP contribution is -2.31. The molecule has 0 atom stereocenters. The Labute approximate surface area is 147 Å². The molecule has 134 valence electrons. The molecule has 0 radical (unpaired) electrons. The van der Waals surface area contributed by atoms with Crippen LogP contribution in [0.5, 0.6) is 0 Å². The van der Waals surface area contributed by atoms with Crippen molar-refractivity contribution in [2.75, 3.05) is 13.1 Å². The molecule has 5 nitrogen and oxygen atoms in total. The predicted octanol–water partition coefficient (Wildman–Crippen LogP) is 2.79. The van der Waals surface area contributed by atoms with Crippen LogP contribution in [0.1, 0.15) is 29.8 Å². The minimum Gasteiger partial charge on any atom is -0.348 e. The number of amides is 1. The summed E-state index contributed by atoms with van der Waals surface area (Å²) in [5, 5.41) is 2.60. The van der Waals surface area contributed by atoms with Crippen LogP contribution in [0.4, 0.5) is 4.39 Å². The molecular weight excluding hydrogens is 343 g/mol. The van der Waals surface area contributed by atoms with E-state index in [9.17, 15) is 17.6 Å². The van der Waals surface area contributed by atoms with E-state index in [1.165, 1.54) is 34.6 Å². The van der Waals surface area contributed by atoms with Gasteiger partial charge in [0.15, 0.2) is 0 Å². The van der Waals surface area contributed by atoms with Gasteiger partial charge in [-0.05, 0) is 24.3 Å². The van der Waals surface area contributed by atoms with Gasteiger partial charge in [0, 0.05) is 30.8 Å². The normalized spacial score (nSPS) is 11.5. The third kappa shape index (κ3) is 4.43. The number of carbonyl (C=O) groups excluding carboxylic acids is 1. The number of rotatable bonds is 7. The highest BCUT2D eigenvalue weighted by Crippen LogP contribution is 2.17. The van der Waals surface area contributed by atoms with Gasteiger partial charge in [-0.25, -0.2) is 12.8 Å². The molecule has 0 heterocycles. The quantitative estimate of drug-likeness (QED) is 0.821. The van der Waals surface area contributed by atoms with Crippen molar-refractivity contribution in [3.05, 3.63) is 65.5 Å². The molecule has 0 aliphatic carbocycles. The van der Waals surface area contributed by atoms with E-state index in [1.54, 1.807) is 32.0 Å². The molecule has 25 heavy (non-hydrogen) atoms. The van der Waals surface area contributed by atoms with Crippen molar-refractivity contribution in [3.8, 4) is 0 Å². The smallest absolute Gasteiger partial charge is 0.251 e. The molecule has 0 saturated carbocycles. The molecular formula is C18H21FN2O3S. The maximum absolute atomic E-state index is 13.6. The number of carbonyl (C=O) groups is 1. The Morgan fingerprint density at radius 2 is 1.76 bits per heavy atom. The maximum Gasteiger partial charge on any atom is 0.251 e. The summed E-state index contributed by atoms with van der Waals surface area (Å²) in [6, 6.07) is 12.0. The summed E-state index contributed by atoms with van der Waals surface area (Å²) < 4.78 is 40.0. The summed E-state index contributed by atoms with van der Waals surface area (Å²) in [5.41, 5.74) is 0.576. The Morgan fingerprint density at radius 1 is 1.08 bits per heavy atom. The van der Waals surface area contributed by atoms with Crippen molar-refractivity contribution in [2.45, 2.75) is 25.3 Å². The lowest BCUT2D eigenvalue weighted by Gasteiger charge is -2.18. The highest BCUT2D eigenvalue weighted by molar-refractivity contribution is 7.89.